The first-order chi connectivity index (χ1) is 7.78. The molecule has 0 aliphatic heterocycles. The third kappa shape index (κ3) is 5.17. The largest absolute Gasteiger partial charge is 0.370 e. The summed E-state index contributed by atoms with van der Waals surface area (Å²) in [7, 11) is 0. The number of nitrogens with zero attached hydrogens (tertiary/aromatic N) is 1. The molecular weight excluding hydrogens is 285 g/mol. The summed E-state index contributed by atoms with van der Waals surface area (Å²) >= 11 is 3.29. The Balaban J connectivity index is 2.72. The van der Waals surface area contributed by atoms with Crippen LogP contribution in [0.2, 0.25) is 0 Å². The second-order valence-electron chi connectivity index (χ2n) is 4.81. The maximum atomic E-state index is 13.4. The van der Waals surface area contributed by atoms with Crippen LogP contribution in [0.25, 0.3) is 0 Å². The van der Waals surface area contributed by atoms with E-state index in [0.717, 1.165) is 4.47 Å². The zero-order chi connectivity index (χ0) is 13.1. The Morgan fingerprint density at radius 2 is 2.12 bits per heavy atom. The first-order valence-electron chi connectivity index (χ1n) is 5.30. The van der Waals surface area contributed by atoms with Crippen LogP contribution in [0.1, 0.15) is 26.3 Å². The molecule has 0 saturated heterocycles. The number of guanidine groups is 1. The topological polar surface area (TPSA) is 50.4 Å². The summed E-state index contributed by atoms with van der Waals surface area (Å²) in [6.07, 6.45) is 0. The highest BCUT2D eigenvalue weighted by Gasteiger charge is 2.10. The monoisotopic (exact) mass is 301 g/mol. The van der Waals surface area contributed by atoms with Crippen molar-refractivity contribution < 1.29 is 4.39 Å². The van der Waals surface area contributed by atoms with Gasteiger partial charge in [0.05, 0.1) is 6.54 Å². The molecule has 0 radical (unpaired) electrons. The van der Waals surface area contributed by atoms with Crippen LogP contribution in [-0.4, -0.2) is 11.5 Å². The van der Waals surface area contributed by atoms with Gasteiger partial charge in [-0.25, -0.2) is 9.38 Å². The fraction of sp³-hybridized carbons (Fsp3) is 0.417. The van der Waals surface area contributed by atoms with Crippen LogP contribution in [0.4, 0.5) is 4.39 Å². The zero-order valence-corrected chi connectivity index (χ0v) is 11.8. The van der Waals surface area contributed by atoms with E-state index in [0.29, 0.717) is 11.5 Å². The van der Waals surface area contributed by atoms with Crippen LogP contribution in [0.5, 0.6) is 0 Å². The molecule has 0 saturated carbocycles. The highest BCUT2D eigenvalue weighted by Crippen LogP contribution is 2.16. The van der Waals surface area contributed by atoms with Crippen molar-refractivity contribution in [2.45, 2.75) is 32.9 Å². The van der Waals surface area contributed by atoms with Crippen molar-refractivity contribution in [2.75, 3.05) is 0 Å². The molecule has 17 heavy (non-hydrogen) atoms. The van der Waals surface area contributed by atoms with Crippen LogP contribution in [0.15, 0.2) is 27.7 Å². The summed E-state index contributed by atoms with van der Waals surface area (Å²) < 4.78 is 14.2. The lowest BCUT2D eigenvalue weighted by molar-refractivity contribution is 0.508. The van der Waals surface area contributed by atoms with Crippen LogP contribution in [0, 0.1) is 5.82 Å². The number of halogens is 2. The minimum Gasteiger partial charge on any atom is -0.370 e. The van der Waals surface area contributed by atoms with Gasteiger partial charge in [-0.1, -0.05) is 15.9 Å². The minimum atomic E-state index is -0.277. The van der Waals surface area contributed by atoms with Gasteiger partial charge in [-0.3, -0.25) is 0 Å². The van der Waals surface area contributed by atoms with Gasteiger partial charge in [0.1, 0.15) is 5.82 Å². The quantitative estimate of drug-likeness (QED) is 0.652. The van der Waals surface area contributed by atoms with Gasteiger partial charge in [0.25, 0.3) is 0 Å². The van der Waals surface area contributed by atoms with E-state index < -0.39 is 0 Å². The predicted molar refractivity (Wildman–Crippen MR) is 72.3 cm³/mol. The van der Waals surface area contributed by atoms with E-state index in [1.165, 1.54) is 6.07 Å². The molecule has 0 bridgehead atoms. The molecule has 0 spiro atoms. The molecule has 94 valence electrons. The van der Waals surface area contributed by atoms with Crippen molar-refractivity contribution >= 4 is 21.9 Å². The van der Waals surface area contributed by atoms with Crippen LogP contribution < -0.4 is 11.1 Å². The summed E-state index contributed by atoms with van der Waals surface area (Å²) in [4.78, 5) is 4.10. The molecule has 0 atom stereocenters. The average Bonchev–Trinajstić information content (AvgIpc) is 2.17. The SMILES string of the molecule is CC(C)(C)NC(N)=NCc1cc(Br)ccc1F. The van der Waals surface area contributed by atoms with Crippen molar-refractivity contribution in [3.8, 4) is 0 Å². The number of rotatable bonds is 2. The second kappa shape index (κ2) is 5.49. The Morgan fingerprint density at radius 3 is 2.71 bits per heavy atom. The van der Waals surface area contributed by atoms with E-state index in [1.807, 2.05) is 20.8 Å². The minimum absolute atomic E-state index is 0.149. The Kier molecular flexibility index (Phi) is 4.51. The van der Waals surface area contributed by atoms with E-state index in [-0.39, 0.29) is 17.9 Å². The maximum absolute atomic E-state index is 13.4. The van der Waals surface area contributed by atoms with Crippen molar-refractivity contribution in [1.29, 1.82) is 0 Å². The Labute approximate surface area is 109 Å². The lowest BCUT2D eigenvalue weighted by Gasteiger charge is -2.21. The molecule has 1 aromatic carbocycles. The first kappa shape index (κ1) is 14.0. The van der Waals surface area contributed by atoms with Crippen molar-refractivity contribution in [3.05, 3.63) is 34.1 Å². The molecule has 0 fully saturated rings. The van der Waals surface area contributed by atoms with Gasteiger partial charge < -0.3 is 11.1 Å². The van der Waals surface area contributed by atoms with Gasteiger partial charge in [0.15, 0.2) is 5.96 Å². The van der Waals surface area contributed by atoms with Gasteiger partial charge in [-0.2, -0.15) is 0 Å². The molecule has 3 nitrogen and oxygen atoms in total. The summed E-state index contributed by atoms with van der Waals surface area (Å²) in [5.41, 5.74) is 6.06. The third-order valence-electron chi connectivity index (χ3n) is 1.93. The highest BCUT2D eigenvalue weighted by atomic mass is 79.9. The Hall–Kier alpha value is -1.10. The molecule has 0 heterocycles. The van der Waals surface area contributed by atoms with Gasteiger partial charge >= 0.3 is 0 Å². The highest BCUT2D eigenvalue weighted by molar-refractivity contribution is 9.10. The fourth-order valence-corrected chi connectivity index (χ4v) is 1.67. The predicted octanol–water partition coefficient (Wildman–Crippen LogP) is 2.79. The third-order valence-corrected chi connectivity index (χ3v) is 2.42. The fourth-order valence-electron chi connectivity index (χ4n) is 1.26. The molecule has 0 unspecified atom stereocenters. The van der Waals surface area contributed by atoms with Crippen molar-refractivity contribution in [2.24, 2.45) is 10.7 Å². The van der Waals surface area contributed by atoms with Crippen molar-refractivity contribution in [1.82, 2.24) is 5.32 Å². The number of nitrogens with one attached hydrogen (secondary N) is 1. The van der Waals surface area contributed by atoms with E-state index in [2.05, 4.69) is 26.2 Å². The number of hydrogen-bond acceptors (Lipinski definition) is 1. The number of nitrogens with two attached hydrogens (primary N) is 1. The molecular formula is C12H17BrFN3. The van der Waals surface area contributed by atoms with E-state index >= 15 is 0 Å². The number of hydrogen-bond donors (Lipinski definition) is 2. The number of benzene rings is 1. The molecule has 0 aliphatic rings. The molecule has 1 rings (SSSR count). The van der Waals surface area contributed by atoms with Gasteiger partial charge in [-0.05, 0) is 39.0 Å². The zero-order valence-electron chi connectivity index (χ0n) is 10.2. The standard InChI is InChI=1S/C12H17BrFN3/c1-12(2,3)17-11(15)16-7-8-6-9(13)4-5-10(8)14/h4-6H,7H2,1-3H3,(H3,15,16,17). The van der Waals surface area contributed by atoms with Crippen LogP contribution >= 0.6 is 15.9 Å². The summed E-state index contributed by atoms with van der Waals surface area (Å²) in [5.74, 6) is 0.0392. The van der Waals surface area contributed by atoms with Gasteiger partial charge in [0.2, 0.25) is 0 Å². The smallest absolute Gasteiger partial charge is 0.189 e. The lowest BCUT2D eigenvalue weighted by atomic mass is 10.1. The molecule has 3 N–H and O–H groups in total. The first-order valence-corrected chi connectivity index (χ1v) is 6.09. The summed E-state index contributed by atoms with van der Waals surface area (Å²) in [5, 5.41) is 3.02. The Morgan fingerprint density at radius 1 is 1.47 bits per heavy atom. The van der Waals surface area contributed by atoms with Gasteiger partial charge in [-0.15, -0.1) is 0 Å². The summed E-state index contributed by atoms with van der Waals surface area (Å²) in [6.45, 7) is 6.17. The Bertz CT molecular complexity index is 424. The second-order valence-corrected chi connectivity index (χ2v) is 5.73. The molecule has 0 amide bonds. The lowest BCUT2D eigenvalue weighted by Crippen LogP contribution is -2.44. The van der Waals surface area contributed by atoms with Crippen LogP contribution in [0.3, 0.4) is 0 Å². The number of aliphatic imine (C=N–C) groups is 1. The average molecular weight is 302 g/mol. The van der Waals surface area contributed by atoms with E-state index in [9.17, 15) is 4.39 Å². The molecule has 1 aromatic rings. The van der Waals surface area contributed by atoms with E-state index in [4.69, 9.17) is 5.73 Å². The molecule has 0 aliphatic carbocycles. The van der Waals surface area contributed by atoms with E-state index in [1.54, 1.807) is 12.1 Å². The molecule has 0 aromatic heterocycles. The summed E-state index contributed by atoms with van der Waals surface area (Å²) in [6, 6.07) is 4.75. The van der Waals surface area contributed by atoms with Gasteiger partial charge in [0, 0.05) is 15.6 Å². The normalized spacial score (nSPS) is 12.6. The van der Waals surface area contributed by atoms with Crippen molar-refractivity contribution in [3.63, 3.8) is 0 Å². The molecule has 5 heteroatoms. The van der Waals surface area contributed by atoms with Crippen LogP contribution in [-0.2, 0) is 6.54 Å². The maximum Gasteiger partial charge on any atom is 0.189 e.